The maximum Gasteiger partial charge on any atom is 0.304 e. The van der Waals surface area contributed by atoms with E-state index in [4.69, 9.17) is 5.11 Å². The molecular weight excluding hydrogens is 278 g/mol. The number of carboxylic acids is 1. The highest BCUT2D eigenvalue weighted by Gasteiger charge is 2.19. The molecule has 0 aliphatic carbocycles. The first kappa shape index (κ1) is 16.6. The standard InChI is InChI=1S/C13H17N3O5/c1-9(15(2)7-6-12(17)18)13(19)14-10-4-3-5-11(8-10)16(20)21/h3-5,8-9H,6-7H2,1-2H3,(H,14,19)(H,17,18). The zero-order valence-electron chi connectivity index (χ0n) is 11.8. The van der Waals surface area contributed by atoms with Crippen LogP contribution in [0.4, 0.5) is 11.4 Å². The van der Waals surface area contributed by atoms with Gasteiger partial charge in [0.05, 0.1) is 17.4 Å². The monoisotopic (exact) mass is 295 g/mol. The lowest BCUT2D eigenvalue weighted by Gasteiger charge is -2.23. The molecule has 8 nitrogen and oxygen atoms in total. The summed E-state index contributed by atoms with van der Waals surface area (Å²) in [5.74, 6) is -1.29. The zero-order chi connectivity index (χ0) is 16.0. The molecule has 0 heterocycles. The molecule has 0 saturated carbocycles. The van der Waals surface area contributed by atoms with Crippen molar-refractivity contribution in [2.45, 2.75) is 19.4 Å². The summed E-state index contributed by atoms with van der Waals surface area (Å²) in [6, 6.07) is 5.07. The number of nitrogens with zero attached hydrogens (tertiary/aromatic N) is 2. The van der Waals surface area contributed by atoms with Crippen molar-refractivity contribution in [3.05, 3.63) is 34.4 Å². The first-order valence-corrected chi connectivity index (χ1v) is 6.28. The van der Waals surface area contributed by atoms with Crippen LogP contribution in [0.2, 0.25) is 0 Å². The molecule has 0 aliphatic heterocycles. The molecule has 0 bridgehead atoms. The highest BCUT2D eigenvalue weighted by Crippen LogP contribution is 2.17. The number of carbonyl (C=O) groups is 2. The van der Waals surface area contributed by atoms with Crippen molar-refractivity contribution in [1.82, 2.24) is 4.90 Å². The molecule has 8 heteroatoms. The summed E-state index contributed by atoms with van der Waals surface area (Å²) in [7, 11) is 1.64. The molecule has 21 heavy (non-hydrogen) atoms. The van der Waals surface area contributed by atoms with Gasteiger partial charge < -0.3 is 10.4 Å². The van der Waals surface area contributed by atoms with Gasteiger partial charge in [0.25, 0.3) is 5.69 Å². The quantitative estimate of drug-likeness (QED) is 0.579. The number of aliphatic carboxylic acids is 1. The van der Waals surface area contributed by atoms with E-state index in [1.165, 1.54) is 18.2 Å². The second-order valence-corrected chi connectivity index (χ2v) is 4.60. The molecule has 0 saturated heterocycles. The lowest BCUT2D eigenvalue weighted by atomic mass is 10.2. The number of non-ortho nitro benzene ring substituents is 1. The Kier molecular flexibility index (Phi) is 5.79. The predicted octanol–water partition coefficient (Wildman–Crippen LogP) is 1.33. The molecule has 0 aromatic heterocycles. The van der Waals surface area contributed by atoms with Crippen molar-refractivity contribution in [3.63, 3.8) is 0 Å². The molecule has 0 spiro atoms. The van der Waals surface area contributed by atoms with Gasteiger partial charge in [0.15, 0.2) is 0 Å². The van der Waals surface area contributed by atoms with E-state index >= 15 is 0 Å². The highest BCUT2D eigenvalue weighted by atomic mass is 16.6. The van der Waals surface area contributed by atoms with Gasteiger partial charge in [-0.2, -0.15) is 0 Å². The van der Waals surface area contributed by atoms with Crippen LogP contribution < -0.4 is 5.32 Å². The summed E-state index contributed by atoms with van der Waals surface area (Å²) in [6.07, 6.45) is -0.0646. The van der Waals surface area contributed by atoms with Crippen LogP contribution in [-0.4, -0.2) is 46.4 Å². The van der Waals surface area contributed by atoms with Gasteiger partial charge in [0, 0.05) is 24.4 Å². The Morgan fingerprint density at radius 1 is 1.48 bits per heavy atom. The third-order valence-electron chi connectivity index (χ3n) is 3.04. The average Bonchev–Trinajstić information content (AvgIpc) is 2.44. The topological polar surface area (TPSA) is 113 Å². The van der Waals surface area contributed by atoms with Gasteiger partial charge >= 0.3 is 5.97 Å². The molecule has 1 rings (SSSR count). The third-order valence-corrected chi connectivity index (χ3v) is 3.04. The minimum atomic E-state index is -0.937. The lowest BCUT2D eigenvalue weighted by Crippen LogP contribution is -2.40. The van der Waals surface area contributed by atoms with E-state index in [0.29, 0.717) is 5.69 Å². The Morgan fingerprint density at radius 2 is 2.14 bits per heavy atom. The Hall–Kier alpha value is -2.48. The van der Waals surface area contributed by atoms with Gasteiger partial charge in [-0.05, 0) is 20.0 Å². The van der Waals surface area contributed by atoms with Crippen LogP contribution in [0.3, 0.4) is 0 Å². The summed E-state index contributed by atoms with van der Waals surface area (Å²) in [5.41, 5.74) is 0.215. The molecule has 114 valence electrons. The van der Waals surface area contributed by atoms with Crippen molar-refractivity contribution in [2.75, 3.05) is 18.9 Å². The Morgan fingerprint density at radius 3 is 2.71 bits per heavy atom. The maximum atomic E-state index is 12.0. The van der Waals surface area contributed by atoms with E-state index in [1.54, 1.807) is 24.9 Å². The van der Waals surface area contributed by atoms with E-state index in [0.717, 1.165) is 0 Å². The number of amides is 1. The number of carbonyl (C=O) groups excluding carboxylic acids is 1. The van der Waals surface area contributed by atoms with Crippen molar-refractivity contribution in [3.8, 4) is 0 Å². The molecule has 1 unspecified atom stereocenters. The van der Waals surface area contributed by atoms with E-state index in [-0.39, 0.29) is 24.6 Å². The maximum absolute atomic E-state index is 12.0. The molecule has 1 amide bonds. The number of carboxylic acid groups (broad SMARTS) is 1. The van der Waals surface area contributed by atoms with E-state index in [9.17, 15) is 19.7 Å². The van der Waals surface area contributed by atoms with Crippen LogP contribution in [0.1, 0.15) is 13.3 Å². The van der Waals surface area contributed by atoms with Crippen molar-refractivity contribution in [1.29, 1.82) is 0 Å². The molecule has 1 atom stereocenters. The van der Waals surface area contributed by atoms with Crippen LogP contribution in [0, 0.1) is 10.1 Å². The molecule has 0 fully saturated rings. The van der Waals surface area contributed by atoms with Crippen LogP contribution >= 0.6 is 0 Å². The highest BCUT2D eigenvalue weighted by molar-refractivity contribution is 5.94. The summed E-state index contributed by atoms with van der Waals surface area (Å²) in [6.45, 7) is 1.87. The van der Waals surface area contributed by atoms with Gasteiger partial charge in [0.2, 0.25) is 5.91 Å². The number of nitro groups is 1. The predicted molar refractivity (Wildman–Crippen MR) is 76.1 cm³/mol. The first-order valence-electron chi connectivity index (χ1n) is 6.28. The first-order chi connectivity index (χ1) is 9.81. The van der Waals surface area contributed by atoms with Gasteiger partial charge in [-0.25, -0.2) is 0 Å². The number of nitro benzene ring substituents is 1. The smallest absolute Gasteiger partial charge is 0.304 e. The number of likely N-dealkylation sites (N-methyl/N-ethyl adjacent to an activating group) is 1. The minimum absolute atomic E-state index is 0.0646. The summed E-state index contributed by atoms with van der Waals surface area (Å²) >= 11 is 0. The number of hydrogen-bond donors (Lipinski definition) is 2. The lowest BCUT2D eigenvalue weighted by molar-refractivity contribution is -0.384. The summed E-state index contributed by atoms with van der Waals surface area (Å²) in [4.78, 5) is 34.2. The zero-order valence-corrected chi connectivity index (χ0v) is 11.8. The summed E-state index contributed by atoms with van der Waals surface area (Å²) in [5, 5.41) is 21.8. The Labute approximate surface area is 121 Å². The number of anilines is 1. The van der Waals surface area contributed by atoms with Gasteiger partial charge in [-0.1, -0.05) is 6.07 Å². The fourth-order valence-electron chi connectivity index (χ4n) is 1.61. The number of nitrogens with one attached hydrogen (secondary N) is 1. The number of benzene rings is 1. The van der Waals surface area contributed by atoms with E-state index < -0.39 is 16.9 Å². The van der Waals surface area contributed by atoms with E-state index in [2.05, 4.69) is 5.32 Å². The summed E-state index contributed by atoms with van der Waals surface area (Å²) < 4.78 is 0. The Balaban J connectivity index is 2.65. The molecule has 0 radical (unpaired) electrons. The van der Waals surface area contributed by atoms with Gasteiger partial charge in [-0.15, -0.1) is 0 Å². The van der Waals surface area contributed by atoms with Crippen LogP contribution in [0.5, 0.6) is 0 Å². The van der Waals surface area contributed by atoms with Crippen molar-refractivity contribution in [2.24, 2.45) is 0 Å². The van der Waals surface area contributed by atoms with E-state index in [1.807, 2.05) is 0 Å². The van der Waals surface area contributed by atoms with Crippen molar-refractivity contribution >= 4 is 23.3 Å². The fraction of sp³-hybridized carbons (Fsp3) is 0.385. The normalized spacial score (nSPS) is 12.0. The van der Waals surface area contributed by atoms with Crippen LogP contribution in [-0.2, 0) is 9.59 Å². The van der Waals surface area contributed by atoms with Crippen LogP contribution in [0.15, 0.2) is 24.3 Å². The number of rotatable bonds is 7. The Bertz CT molecular complexity index is 546. The molecule has 2 N–H and O–H groups in total. The second-order valence-electron chi connectivity index (χ2n) is 4.60. The molecule has 0 aliphatic rings. The van der Waals surface area contributed by atoms with Crippen LogP contribution in [0.25, 0.3) is 0 Å². The van der Waals surface area contributed by atoms with Crippen molar-refractivity contribution < 1.29 is 19.6 Å². The second kappa shape index (κ2) is 7.34. The molecular formula is C13H17N3O5. The minimum Gasteiger partial charge on any atom is -0.481 e. The van der Waals surface area contributed by atoms with Gasteiger partial charge in [0.1, 0.15) is 0 Å². The fourth-order valence-corrected chi connectivity index (χ4v) is 1.61. The average molecular weight is 295 g/mol. The largest absolute Gasteiger partial charge is 0.481 e. The van der Waals surface area contributed by atoms with Gasteiger partial charge in [-0.3, -0.25) is 24.6 Å². The third kappa shape index (κ3) is 5.19. The SMILES string of the molecule is CC(C(=O)Nc1cccc([N+](=O)[O-])c1)N(C)CCC(=O)O. The molecule has 1 aromatic rings. The number of hydrogen-bond acceptors (Lipinski definition) is 5. The molecule has 1 aromatic carbocycles.